The van der Waals surface area contributed by atoms with E-state index < -0.39 is 29.6 Å². The highest BCUT2D eigenvalue weighted by atomic mass is 19.4. The largest absolute Gasteiger partial charge is 0.476 e. The molecule has 0 radical (unpaired) electrons. The minimum Gasteiger partial charge on any atom is -0.476 e. The van der Waals surface area contributed by atoms with Crippen LogP contribution in [0.4, 0.5) is 23.4 Å². The first-order chi connectivity index (χ1) is 8.26. The number of hydrogen-bond acceptors (Lipinski definition) is 6. The predicted molar refractivity (Wildman–Crippen MR) is 46.4 cm³/mol. The summed E-state index contributed by atoms with van der Waals surface area (Å²) in [5.41, 5.74) is 0. The van der Waals surface area contributed by atoms with Crippen LogP contribution in [0.1, 0.15) is 0 Å². The van der Waals surface area contributed by atoms with Crippen molar-refractivity contribution in [2.45, 2.75) is 12.0 Å². The third-order valence-electron chi connectivity index (χ3n) is 1.82. The number of amides is 1. The fourth-order valence-corrected chi connectivity index (χ4v) is 0.916. The summed E-state index contributed by atoms with van der Waals surface area (Å²) < 4.78 is 62.5. The van der Waals surface area contributed by atoms with E-state index in [1.165, 1.54) is 5.32 Å². The minimum atomic E-state index is -5.56. The van der Waals surface area contributed by atoms with Crippen molar-refractivity contribution in [3.05, 3.63) is 0 Å². The van der Waals surface area contributed by atoms with Crippen LogP contribution in [0, 0.1) is 0 Å². The zero-order chi connectivity index (χ0) is 14.0. The van der Waals surface area contributed by atoms with Gasteiger partial charge in [-0.15, -0.1) is 0 Å². The van der Waals surface area contributed by atoms with Gasteiger partial charge in [0.2, 0.25) is 5.82 Å². The number of hydrogen-bond donors (Lipinski definition) is 1. The average Bonchev–Trinajstić information content (AvgIpc) is 2.73. The van der Waals surface area contributed by atoms with Gasteiger partial charge in [0.15, 0.2) is 0 Å². The molecule has 1 aromatic rings. The molecule has 1 N–H and O–H groups in total. The van der Waals surface area contributed by atoms with Crippen LogP contribution in [0.5, 0.6) is 5.88 Å². The zero-order valence-corrected chi connectivity index (χ0v) is 9.04. The van der Waals surface area contributed by atoms with E-state index in [4.69, 9.17) is 0 Å². The van der Waals surface area contributed by atoms with Crippen LogP contribution < -0.4 is 10.1 Å². The van der Waals surface area contributed by atoms with Crippen LogP contribution in [-0.4, -0.2) is 42.5 Å². The van der Waals surface area contributed by atoms with Crippen LogP contribution >= 0.6 is 0 Å². The van der Waals surface area contributed by atoms with Gasteiger partial charge in [0.1, 0.15) is 0 Å². The molecule has 0 aliphatic heterocycles. The Morgan fingerprint density at radius 3 is 2.33 bits per heavy atom. The van der Waals surface area contributed by atoms with Crippen LogP contribution in [0.3, 0.4) is 0 Å². The van der Waals surface area contributed by atoms with Gasteiger partial charge in [-0.25, -0.2) is 4.63 Å². The van der Waals surface area contributed by atoms with Gasteiger partial charge < -0.3 is 9.47 Å². The van der Waals surface area contributed by atoms with E-state index in [1.54, 1.807) is 0 Å². The molecule has 7 nitrogen and oxygen atoms in total. The quantitative estimate of drug-likeness (QED) is 0.820. The third-order valence-corrected chi connectivity index (χ3v) is 1.82. The number of nitrogens with zero attached hydrogens (tertiary/aromatic N) is 2. The molecular weight excluding hydrogens is 266 g/mol. The SMILES string of the molecule is COc1nonc1NC(=O)[C@@](F)(OC)C(F)(F)F. The summed E-state index contributed by atoms with van der Waals surface area (Å²) in [4.78, 5) is 11.2. The maximum atomic E-state index is 13.4. The second-order valence-electron chi connectivity index (χ2n) is 2.87. The molecule has 1 atom stereocenters. The number of anilines is 1. The lowest BCUT2D eigenvalue weighted by molar-refractivity contribution is -0.305. The number of aromatic nitrogens is 2. The van der Waals surface area contributed by atoms with Gasteiger partial charge in [-0.2, -0.15) is 17.6 Å². The van der Waals surface area contributed by atoms with Crippen molar-refractivity contribution in [3.63, 3.8) is 0 Å². The molecule has 0 saturated heterocycles. The molecule has 11 heteroatoms. The first-order valence-electron chi connectivity index (χ1n) is 4.25. The van der Waals surface area contributed by atoms with Crippen molar-refractivity contribution >= 4 is 11.7 Å². The van der Waals surface area contributed by atoms with E-state index in [2.05, 4.69) is 24.4 Å². The van der Waals surface area contributed by atoms with Gasteiger partial charge in [-0.05, 0) is 10.3 Å². The van der Waals surface area contributed by atoms with E-state index in [0.717, 1.165) is 7.11 Å². The van der Waals surface area contributed by atoms with Crippen LogP contribution in [0.15, 0.2) is 4.63 Å². The van der Waals surface area contributed by atoms with E-state index in [0.29, 0.717) is 7.11 Å². The number of halogens is 4. The molecule has 1 aromatic heterocycles. The molecule has 102 valence electrons. The molecule has 0 aromatic carbocycles. The molecule has 0 aliphatic rings. The maximum absolute atomic E-state index is 13.4. The predicted octanol–water partition coefficient (Wildman–Crippen LogP) is 0.891. The highest BCUT2D eigenvalue weighted by molar-refractivity contribution is 5.96. The van der Waals surface area contributed by atoms with Gasteiger partial charge in [-0.1, -0.05) is 0 Å². The molecule has 1 amide bonds. The van der Waals surface area contributed by atoms with Gasteiger partial charge in [-0.3, -0.25) is 10.1 Å². The van der Waals surface area contributed by atoms with Crippen LogP contribution in [0.25, 0.3) is 0 Å². The first kappa shape index (κ1) is 14.2. The van der Waals surface area contributed by atoms with Crippen molar-refractivity contribution in [1.82, 2.24) is 10.3 Å². The second kappa shape index (κ2) is 4.76. The van der Waals surface area contributed by atoms with Crippen molar-refractivity contribution in [3.8, 4) is 5.88 Å². The summed E-state index contributed by atoms with van der Waals surface area (Å²) in [6, 6.07) is 0. The number of carbonyl (C=O) groups excluding carboxylic acids is 1. The smallest absolute Gasteiger partial charge is 0.458 e. The Bertz CT molecular complexity index is 435. The van der Waals surface area contributed by atoms with Gasteiger partial charge >= 0.3 is 23.8 Å². The van der Waals surface area contributed by atoms with E-state index >= 15 is 0 Å². The topological polar surface area (TPSA) is 86.5 Å². The van der Waals surface area contributed by atoms with Crippen molar-refractivity contribution in [1.29, 1.82) is 0 Å². The third kappa shape index (κ3) is 2.34. The van der Waals surface area contributed by atoms with Crippen LogP contribution in [0.2, 0.25) is 0 Å². The lowest BCUT2D eigenvalue weighted by Crippen LogP contribution is -2.52. The summed E-state index contributed by atoms with van der Waals surface area (Å²) in [6.45, 7) is 0. The standard InChI is InChI=1S/C7H7F4N3O4/c1-16-4-3(13-18-14-4)12-5(15)6(8,17-2)7(9,10)11/h1-2H3,(H,12,13,15)/t6-/m1/s1. The number of carbonyl (C=O) groups is 1. The average molecular weight is 273 g/mol. The van der Waals surface area contributed by atoms with Gasteiger partial charge in [0, 0.05) is 7.11 Å². The van der Waals surface area contributed by atoms with Crippen LogP contribution in [-0.2, 0) is 9.53 Å². The molecule has 0 unspecified atom stereocenters. The van der Waals surface area contributed by atoms with Gasteiger partial charge in [0.05, 0.1) is 7.11 Å². The fraction of sp³-hybridized carbons (Fsp3) is 0.571. The Hall–Kier alpha value is -1.91. The number of alkyl halides is 4. The minimum absolute atomic E-state index is 0.394. The number of ether oxygens (including phenoxy) is 2. The maximum Gasteiger partial charge on any atom is 0.458 e. The Morgan fingerprint density at radius 2 is 1.89 bits per heavy atom. The van der Waals surface area contributed by atoms with Crippen molar-refractivity contribution in [2.75, 3.05) is 19.5 Å². The Kier molecular flexibility index (Phi) is 3.74. The molecule has 0 saturated carbocycles. The van der Waals surface area contributed by atoms with Crippen molar-refractivity contribution in [2.24, 2.45) is 0 Å². The molecule has 1 rings (SSSR count). The van der Waals surface area contributed by atoms with E-state index in [9.17, 15) is 22.4 Å². The molecule has 0 spiro atoms. The Balaban J connectivity index is 2.94. The summed E-state index contributed by atoms with van der Waals surface area (Å²) >= 11 is 0. The monoisotopic (exact) mass is 273 g/mol. The summed E-state index contributed by atoms with van der Waals surface area (Å²) in [6.07, 6.45) is -5.56. The molecule has 18 heavy (non-hydrogen) atoms. The fourth-order valence-electron chi connectivity index (χ4n) is 0.916. The van der Waals surface area contributed by atoms with E-state index in [-0.39, 0.29) is 0 Å². The number of rotatable bonds is 4. The van der Waals surface area contributed by atoms with Crippen molar-refractivity contribution < 1.29 is 36.5 Å². The Labute approximate surface area is 97.0 Å². The molecule has 0 aliphatic carbocycles. The summed E-state index contributed by atoms with van der Waals surface area (Å²) in [5, 5.41) is 7.60. The second-order valence-corrected chi connectivity index (χ2v) is 2.87. The molecule has 1 heterocycles. The molecular formula is C7H7F4N3O4. The summed E-state index contributed by atoms with van der Waals surface area (Å²) in [7, 11) is 1.49. The molecule has 0 bridgehead atoms. The Morgan fingerprint density at radius 1 is 1.28 bits per heavy atom. The normalized spacial score (nSPS) is 15.0. The van der Waals surface area contributed by atoms with Gasteiger partial charge in [0.25, 0.3) is 0 Å². The lowest BCUT2D eigenvalue weighted by Gasteiger charge is -2.24. The number of nitrogens with one attached hydrogen (secondary N) is 1. The summed E-state index contributed by atoms with van der Waals surface area (Å²) in [5.74, 6) is -7.67. The lowest BCUT2D eigenvalue weighted by atomic mass is 10.2. The first-order valence-corrected chi connectivity index (χ1v) is 4.25. The van der Waals surface area contributed by atoms with E-state index in [1.807, 2.05) is 0 Å². The number of methoxy groups -OCH3 is 2. The highest BCUT2D eigenvalue weighted by Crippen LogP contribution is 2.36. The highest BCUT2D eigenvalue weighted by Gasteiger charge is 2.63. The zero-order valence-electron chi connectivity index (χ0n) is 9.04. The molecule has 0 fully saturated rings.